The summed E-state index contributed by atoms with van der Waals surface area (Å²) in [6.07, 6.45) is 5.51. The minimum Gasteiger partial charge on any atom is -0.462 e. The van der Waals surface area contributed by atoms with Crippen molar-refractivity contribution in [2.24, 2.45) is 5.92 Å². The van der Waals surface area contributed by atoms with Crippen LogP contribution in [-0.4, -0.2) is 55.3 Å². The van der Waals surface area contributed by atoms with Gasteiger partial charge in [-0.1, -0.05) is 12.8 Å². The van der Waals surface area contributed by atoms with Crippen molar-refractivity contribution in [1.82, 2.24) is 14.6 Å². The van der Waals surface area contributed by atoms with Crippen LogP contribution in [0.5, 0.6) is 0 Å². The highest BCUT2D eigenvalue weighted by Gasteiger charge is 2.38. The van der Waals surface area contributed by atoms with Crippen LogP contribution in [0, 0.1) is 19.8 Å². The van der Waals surface area contributed by atoms with Crippen LogP contribution < -0.4 is 5.32 Å². The summed E-state index contributed by atoms with van der Waals surface area (Å²) in [6, 6.07) is 0.208. The molecule has 1 aliphatic carbocycles. The molecule has 1 aromatic heterocycles. The van der Waals surface area contributed by atoms with Gasteiger partial charge in [0, 0.05) is 30.5 Å². The van der Waals surface area contributed by atoms with Crippen molar-refractivity contribution in [2.75, 3.05) is 19.7 Å². The second kappa shape index (κ2) is 8.87. The van der Waals surface area contributed by atoms with Crippen LogP contribution in [0.25, 0.3) is 0 Å². The number of aryl methyl sites for hydroxylation is 2. The first kappa shape index (κ1) is 21.8. The molecule has 9 heteroatoms. The van der Waals surface area contributed by atoms with E-state index in [0.29, 0.717) is 30.8 Å². The van der Waals surface area contributed by atoms with E-state index < -0.39 is 16.0 Å². The van der Waals surface area contributed by atoms with Gasteiger partial charge in [-0.3, -0.25) is 4.79 Å². The lowest BCUT2D eigenvalue weighted by Gasteiger charge is -2.32. The van der Waals surface area contributed by atoms with Gasteiger partial charge in [0.05, 0.1) is 12.5 Å². The van der Waals surface area contributed by atoms with Crippen LogP contribution in [0.2, 0.25) is 0 Å². The highest BCUT2D eigenvalue weighted by Crippen LogP contribution is 2.31. The number of amides is 1. The normalized spacial score (nSPS) is 21.3. The fraction of sp³-hybridized carbons (Fsp3) is 0.700. The summed E-state index contributed by atoms with van der Waals surface area (Å²) in [5, 5.41) is 3.08. The number of piperidine rings is 1. The maximum Gasteiger partial charge on any atom is 0.341 e. The number of carbonyl (C=O) groups excluding carboxylic acids is 2. The van der Waals surface area contributed by atoms with Crippen LogP contribution in [0.1, 0.15) is 67.2 Å². The van der Waals surface area contributed by atoms with Gasteiger partial charge in [0.15, 0.2) is 0 Å². The largest absolute Gasteiger partial charge is 0.462 e. The number of hydrogen-bond donors (Lipinski definition) is 2. The molecule has 0 bridgehead atoms. The molecule has 2 heterocycles. The van der Waals surface area contributed by atoms with E-state index in [0.717, 1.165) is 25.7 Å². The first-order chi connectivity index (χ1) is 13.8. The molecule has 1 amide bonds. The van der Waals surface area contributed by atoms with Gasteiger partial charge < -0.3 is 15.0 Å². The fourth-order valence-electron chi connectivity index (χ4n) is 4.42. The van der Waals surface area contributed by atoms with E-state index in [1.807, 2.05) is 0 Å². The van der Waals surface area contributed by atoms with Gasteiger partial charge >= 0.3 is 5.97 Å². The molecule has 2 N–H and O–H groups in total. The van der Waals surface area contributed by atoms with Gasteiger partial charge in [-0.25, -0.2) is 13.2 Å². The summed E-state index contributed by atoms with van der Waals surface area (Å²) >= 11 is 0. The van der Waals surface area contributed by atoms with E-state index in [1.165, 1.54) is 4.31 Å². The van der Waals surface area contributed by atoms with Gasteiger partial charge in [0.25, 0.3) is 0 Å². The van der Waals surface area contributed by atoms with E-state index in [-0.39, 0.29) is 41.5 Å². The molecular weight excluding hydrogens is 394 g/mol. The molecule has 1 aliphatic heterocycles. The van der Waals surface area contributed by atoms with Crippen LogP contribution in [0.15, 0.2) is 4.90 Å². The third-order valence-corrected chi connectivity index (χ3v) is 7.89. The summed E-state index contributed by atoms with van der Waals surface area (Å²) in [6.45, 7) is 5.60. The summed E-state index contributed by atoms with van der Waals surface area (Å²) in [5.74, 6) is -1.09. The Labute approximate surface area is 172 Å². The molecule has 1 aromatic rings. The van der Waals surface area contributed by atoms with Crippen molar-refractivity contribution >= 4 is 21.9 Å². The number of rotatable bonds is 6. The maximum absolute atomic E-state index is 13.4. The Morgan fingerprint density at radius 2 is 1.83 bits per heavy atom. The fourth-order valence-corrected chi connectivity index (χ4v) is 6.36. The first-order valence-electron chi connectivity index (χ1n) is 10.4. The van der Waals surface area contributed by atoms with Crippen molar-refractivity contribution in [2.45, 2.75) is 70.2 Å². The molecule has 1 unspecified atom stereocenters. The Morgan fingerprint density at radius 3 is 2.48 bits per heavy atom. The predicted molar refractivity (Wildman–Crippen MR) is 108 cm³/mol. The van der Waals surface area contributed by atoms with Gasteiger partial charge in [-0.05, 0) is 46.5 Å². The van der Waals surface area contributed by atoms with E-state index >= 15 is 0 Å². The van der Waals surface area contributed by atoms with Crippen LogP contribution in [0.3, 0.4) is 0 Å². The zero-order valence-electron chi connectivity index (χ0n) is 17.4. The van der Waals surface area contributed by atoms with E-state index in [2.05, 4.69) is 10.3 Å². The van der Waals surface area contributed by atoms with E-state index in [4.69, 9.17) is 4.74 Å². The third kappa shape index (κ3) is 4.50. The van der Waals surface area contributed by atoms with Gasteiger partial charge in [-0.15, -0.1) is 0 Å². The molecule has 1 saturated heterocycles. The van der Waals surface area contributed by atoms with Crippen molar-refractivity contribution in [3.8, 4) is 0 Å². The third-order valence-electron chi connectivity index (χ3n) is 5.85. The molecule has 0 spiro atoms. The number of nitrogens with zero attached hydrogens (tertiary/aromatic N) is 1. The first-order valence-corrected chi connectivity index (χ1v) is 11.9. The summed E-state index contributed by atoms with van der Waals surface area (Å²) in [5.41, 5.74) is 0.928. The van der Waals surface area contributed by atoms with Gasteiger partial charge in [-0.2, -0.15) is 4.31 Å². The molecule has 1 saturated carbocycles. The van der Waals surface area contributed by atoms with Crippen molar-refractivity contribution in [3.05, 3.63) is 17.0 Å². The number of ether oxygens (including phenoxy) is 1. The predicted octanol–water partition coefficient (Wildman–Crippen LogP) is 2.27. The number of aromatic amines is 1. The summed E-state index contributed by atoms with van der Waals surface area (Å²) in [7, 11) is -3.94. The number of aromatic nitrogens is 1. The number of nitrogens with one attached hydrogen (secondary N) is 2. The molecule has 162 valence electrons. The monoisotopic (exact) mass is 425 g/mol. The zero-order chi connectivity index (χ0) is 21.2. The number of sulfonamides is 1. The Morgan fingerprint density at radius 1 is 1.14 bits per heavy atom. The lowest BCUT2D eigenvalue weighted by Crippen LogP contribution is -2.47. The smallest absolute Gasteiger partial charge is 0.341 e. The number of esters is 1. The number of H-pyrrole nitrogens is 1. The minimum absolute atomic E-state index is 0.0368. The lowest BCUT2D eigenvalue weighted by molar-refractivity contribution is -0.126. The maximum atomic E-state index is 13.4. The molecule has 3 rings (SSSR count). The lowest BCUT2D eigenvalue weighted by atomic mass is 9.98. The van der Waals surface area contributed by atoms with Crippen molar-refractivity contribution in [1.29, 1.82) is 0 Å². The molecule has 0 aromatic carbocycles. The highest BCUT2D eigenvalue weighted by atomic mass is 32.2. The zero-order valence-corrected chi connectivity index (χ0v) is 18.2. The number of hydrogen-bond acceptors (Lipinski definition) is 5. The summed E-state index contributed by atoms with van der Waals surface area (Å²) in [4.78, 5) is 28.0. The minimum atomic E-state index is -3.94. The quantitative estimate of drug-likeness (QED) is 0.680. The standard InChI is InChI=1S/C20H31N3O5S/c1-4-28-20(25)17-13(2)21-14(3)18(17)29(26,27)23-11-7-8-15(12-23)19(24)22-16-9-5-6-10-16/h15-16,21H,4-12H2,1-3H3,(H,22,24). The van der Waals surface area contributed by atoms with Crippen LogP contribution in [0.4, 0.5) is 0 Å². The Kier molecular flexibility index (Phi) is 6.68. The average molecular weight is 426 g/mol. The second-order valence-electron chi connectivity index (χ2n) is 7.99. The Bertz CT molecular complexity index is 871. The SMILES string of the molecule is CCOC(=O)c1c(C)[nH]c(C)c1S(=O)(=O)N1CCCC(C(=O)NC2CCCC2)C1. The van der Waals surface area contributed by atoms with Crippen LogP contribution in [-0.2, 0) is 19.6 Å². The number of carbonyl (C=O) groups is 2. The highest BCUT2D eigenvalue weighted by molar-refractivity contribution is 7.89. The van der Waals surface area contributed by atoms with Crippen molar-refractivity contribution < 1.29 is 22.7 Å². The molecule has 0 radical (unpaired) electrons. The summed E-state index contributed by atoms with van der Waals surface area (Å²) < 4.78 is 33.3. The average Bonchev–Trinajstić information content (AvgIpc) is 3.29. The van der Waals surface area contributed by atoms with Crippen LogP contribution >= 0.6 is 0 Å². The van der Waals surface area contributed by atoms with E-state index in [9.17, 15) is 18.0 Å². The molecule has 29 heavy (non-hydrogen) atoms. The Hall–Kier alpha value is -1.87. The van der Waals surface area contributed by atoms with E-state index in [1.54, 1.807) is 20.8 Å². The van der Waals surface area contributed by atoms with Gasteiger partial charge in [0.1, 0.15) is 10.5 Å². The molecule has 2 aliphatic rings. The topological polar surface area (TPSA) is 109 Å². The molecule has 8 nitrogen and oxygen atoms in total. The van der Waals surface area contributed by atoms with Gasteiger partial charge in [0.2, 0.25) is 15.9 Å². The van der Waals surface area contributed by atoms with Crippen molar-refractivity contribution in [3.63, 3.8) is 0 Å². The molecule has 1 atom stereocenters. The Balaban J connectivity index is 1.82. The molecule has 2 fully saturated rings. The second-order valence-corrected chi connectivity index (χ2v) is 9.87. The molecular formula is C20H31N3O5S.